The van der Waals surface area contributed by atoms with E-state index in [1.54, 1.807) is 6.07 Å². The van der Waals surface area contributed by atoms with Crippen LogP contribution in [-0.2, 0) is 18.3 Å². The first kappa shape index (κ1) is 15.1. The predicted molar refractivity (Wildman–Crippen MR) is 76.7 cm³/mol. The molecule has 0 atom stereocenters. The highest BCUT2D eigenvalue weighted by molar-refractivity contribution is 9.08. The van der Waals surface area contributed by atoms with Crippen molar-refractivity contribution in [2.75, 3.05) is 0 Å². The average molecular weight is 344 g/mol. The molecule has 0 aliphatic rings. The third-order valence-corrected chi connectivity index (χ3v) is 3.45. The van der Waals surface area contributed by atoms with Gasteiger partial charge in [-0.2, -0.15) is 0 Å². The molecule has 2 rings (SSSR count). The van der Waals surface area contributed by atoms with Crippen LogP contribution in [0.5, 0.6) is 0 Å². The second kappa shape index (κ2) is 6.43. The van der Waals surface area contributed by atoms with Gasteiger partial charge in [0.15, 0.2) is 11.6 Å². The molecule has 0 amide bonds. The number of hydrogen-bond donors (Lipinski definition) is 0. The molecule has 1 aromatic heterocycles. The maximum Gasteiger partial charge on any atom is 0.162 e. The van der Waals surface area contributed by atoms with Gasteiger partial charge in [0, 0.05) is 13.0 Å². The van der Waals surface area contributed by atoms with Crippen molar-refractivity contribution in [1.29, 1.82) is 0 Å². The first-order valence-electron chi connectivity index (χ1n) is 6.42. The molecule has 0 radical (unpaired) electrons. The van der Waals surface area contributed by atoms with E-state index >= 15 is 0 Å². The summed E-state index contributed by atoms with van der Waals surface area (Å²) in [7, 11) is 0. The van der Waals surface area contributed by atoms with Crippen molar-refractivity contribution in [3.05, 3.63) is 47.0 Å². The first-order chi connectivity index (χ1) is 9.52. The van der Waals surface area contributed by atoms with Gasteiger partial charge >= 0.3 is 0 Å². The fraction of sp³-hybridized carbons (Fsp3) is 0.429. The molecule has 2 aromatic rings. The maximum absolute atomic E-state index is 13.7. The third-order valence-electron chi connectivity index (χ3n) is 2.95. The summed E-state index contributed by atoms with van der Waals surface area (Å²) in [6.07, 6.45) is 0.232. The van der Waals surface area contributed by atoms with Gasteiger partial charge in [0.25, 0.3) is 0 Å². The van der Waals surface area contributed by atoms with E-state index in [-0.39, 0.29) is 6.42 Å². The Hall–Kier alpha value is -1.30. The minimum absolute atomic E-state index is 0.232. The normalized spacial score (nSPS) is 11.3. The Kier molecular flexibility index (Phi) is 4.86. The fourth-order valence-corrected chi connectivity index (χ4v) is 2.45. The Bertz CT molecular complexity index is 596. The van der Waals surface area contributed by atoms with Crippen LogP contribution in [0.4, 0.5) is 8.78 Å². The Morgan fingerprint density at radius 3 is 2.55 bits per heavy atom. The Morgan fingerprint density at radius 1 is 1.20 bits per heavy atom. The van der Waals surface area contributed by atoms with Crippen LogP contribution < -0.4 is 0 Å². The lowest BCUT2D eigenvalue weighted by atomic mass is 10.1. The van der Waals surface area contributed by atoms with Gasteiger partial charge in [-0.1, -0.05) is 41.9 Å². The lowest BCUT2D eigenvalue weighted by Crippen LogP contribution is -2.12. The first-order valence-corrected chi connectivity index (χ1v) is 7.54. The molecule has 0 fully saturated rings. The second-order valence-corrected chi connectivity index (χ2v) is 5.62. The Balaban J connectivity index is 2.33. The number of rotatable bonds is 5. The van der Waals surface area contributed by atoms with Crippen LogP contribution >= 0.6 is 15.9 Å². The summed E-state index contributed by atoms with van der Waals surface area (Å²) >= 11 is 3.37. The molecule has 0 spiro atoms. The van der Waals surface area contributed by atoms with Gasteiger partial charge in [0.05, 0.1) is 5.33 Å². The van der Waals surface area contributed by atoms with Crippen LogP contribution in [0.2, 0.25) is 0 Å². The molecule has 0 aliphatic heterocycles. The molecule has 0 bridgehead atoms. The van der Waals surface area contributed by atoms with Gasteiger partial charge in [0.1, 0.15) is 11.6 Å². The van der Waals surface area contributed by atoms with E-state index < -0.39 is 11.6 Å². The molecule has 0 aliphatic carbocycles. The van der Waals surface area contributed by atoms with Crippen molar-refractivity contribution >= 4 is 15.9 Å². The second-order valence-electron chi connectivity index (χ2n) is 5.06. The SMILES string of the molecule is CC(C)Cn1c(CBr)nnc1Cc1cccc(F)c1F. The van der Waals surface area contributed by atoms with Crippen molar-refractivity contribution in [1.82, 2.24) is 14.8 Å². The minimum atomic E-state index is -0.835. The molecule has 108 valence electrons. The number of hydrogen-bond acceptors (Lipinski definition) is 2. The van der Waals surface area contributed by atoms with Crippen molar-refractivity contribution in [2.45, 2.75) is 32.1 Å². The number of aromatic nitrogens is 3. The summed E-state index contributed by atoms with van der Waals surface area (Å²) in [5.74, 6) is 0.216. The van der Waals surface area contributed by atoms with E-state index in [4.69, 9.17) is 0 Å². The van der Waals surface area contributed by atoms with Crippen molar-refractivity contribution in [3.8, 4) is 0 Å². The van der Waals surface area contributed by atoms with Crippen LogP contribution in [0.25, 0.3) is 0 Å². The van der Waals surface area contributed by atoms with Crippen molar-refractivity contribution < 1.29 is 8.78 Å². The van der Waals surface area contributed by atoms with E-state index in [9.17, 15) is 8.78 Å². The van der Waals surface area contributed by atoms with Crippen LogP contribution in [0.15, 0.2) is 18.2 Å². The van der Waals surface area contributed by atoms with Crippen LogP contribution in [0.3, 0.4) is 0 Å². The lowest BCUT2D eigenvalue weighted by molar-refractivity contribution is 0.488. The smallest absolute Gasteiger partial charge is 0.162 e. The summed E-state index contributed by atoms with van der Waals surface area (Å²) < 4.78 is 28.9. The molecule has 0 unspecified atom stereocenters. The summed E-state index contributed by atoms with van der Waals surface area (Å²) in [5.41, 5.74) is 0.295. The zero-order valence-electron chi connectivity index (χ0n) is 11.4. The maximum atomic E-state index is 13.7. The quantitative estimate of drug-likeness (QED) is 0.775. The fourth-order valence-electron chi connectivity index (χ4n) is 2.03. The number of nitrogens with zero attached hydrogens (tertiary/aromatic N) is 3. The third kappa shape index (κ3) is 3.23. The highest BCUT2D eigenvalue weighted by Crippen LogP contribution is 2.17. The lowest BCUT2D eigenvalue weighted by Gasteiger charge is -2.12. The zero-order chi connectivity index (χ0) is 14.7. The molecule has 6 heteroatoms. The molecule has 1 aromatic carbocycles. The van der Waals surface area contributed by atoms with Gasteiger partial charge in [-0.3, -0.25) is 0 Å². The standard InChI is InChI=1S/C14H16BrF2N3/c1-9(2)8-20-12(18-19-13(20)7-15)6-10-4-3-5-11(16)14(10)17/h3-5,9H,6-8H2,1-2H3. The van der Waals surface area contributed by atoms with Gasteiger partial charge < -0.3 is 4.57 Å². The van der Waals surface area contributed by atoms with Gasteiger partial charge in [-0.15, -0.1) is 10.2 Å². The molecule has 0 saturated carbocycles. The van der Waals surface area contributed by atoms with Crippen molar-refractivity contribution in [2.24, 2.45) is 5.92 Å². The van der Waals surface area contributed by atoms with E-state index in [0.29, 0.717) is 22.6 Å². The number of benzene rings is 1. The van der Waals surface area contributed by atoms with Gasteiger partial charge in [-0.25, -0.2) is 8.78 Å². The van der Waals surface area contributed by atoms with E-state index in [2.05, 4.69) is 40.0 Å². The highest BCUT2D eigenvalue weighted by atomic mass is 79.9. The van der Waals surface area contributed by atoms with E-state index in [1.165, 1.54) is 6.07 Å². The molecule has 1 heterocycles. The number of alkyl halides is 1. The van der Waals surface area contributed by atoms with Crippen molar-refractivity contribution in [3.63, 3.8) is 0 Å². The largest absolute Gasteiger partial charge is 0.314 e. The minimum Gasteiger partial charge on any atom is -0.314 e. The monoisotopic (exact) mass is 343 g/mol. The molecule has 0 saturated heterocycles. The molecule has 20 heavy (non-hydrogen) atoms. The molecule has 0 N–H and O–H groups in total. The van der Waals surface area contributed by atoms with Crippen LogP contribution in [0, 0.1) is 17.6 Å². The molecule has 3 nitrogen and oxygen atoms in total. The van der Waals surface area contributed by atoms with E-state index in [0.717, 1.165) is 18.4 Å². The van der Waals surface area contributed by atoms with Gasteiger partial charge in [-0.05, 0) is 17.5 Å². The summed E-state index contributed by atoms with van der Waals surface area (Å²) in [4.78, 5) is 0. The van der Waals surface area contributed by atoms with Crippen LogP contribution in [0.1, 0.15) is 31.1 Å². The molecular weight excluding hydrogens is 328 g/mol. The van der Waals surface area contributed by atoms with Gasteiger partial charge in [0.2, 0.25) is 0 Å². The topological polar surface area (TPSA) is 30.7 Å². The Labute approximate surface area is 125 Å². The Morgan fingerprint density at radius 2 is 1.90 bits per heavy atom. The summed E-state index contributed by atoms with van der Waals surface area (Å²) in [5, 5.41) is 8.77. The molecular formula is C14H16BrF2N3. The van der Waals surface area contributed by atoms with E-state index in [1.807, 2.05) is 4.57 Å². The summed E-state index contributed by atoms with van der Waals surface area (Å²) in [6.45, 7) is 4.93. The average Bonchev–Trinajstić information content (AvgIpc) is 2.77. The predicted octanol–water partition coefficient (Wildman–Crippen LogP) is 3.70. The number of halogens is 3. The summed E-state index contributed by atoms with van der Waals surface area (Å²) in [6, 6.07) is 4.19. The zero-order valence-corrected chi connectivity index (χ0v) is 13.0. The van der Waals surface area contributed by atoms with Crippen LogP contribution in [-0.4, -0.2) is 14.8 Å². The highest BCUT2D eigenvalue weighted by Gasteiger charge is 2.15.